The monoisotopic (exact) mass is 296 g/mol. The minimum atomic E-state index is -0.873. The summed E-state index contributed by atoms with van der Waals surface area (Å²) >= 11 is 0. The molecule has 1 N–H and O–H groups in total. The van der Waals surface area contributed by atoms with E-state index in [-0.39, 0.29) is 18.3 Å². The lowest BCUT2D eigenvalue weighted by molar-refractivity contribution is -0.150. The molecule has 6 nitrogen and oxygen atoms in total. The van der Waals surface area contributed by atoms with Crippen molar-refractivity contribution in [2.75, 3.05) is 14.2 Å². The van der Waals surface area contributed by atoms with E-state index in [1.54, 1.807) is 12.1 Å². The molecule has 21 heavy (non-hydrogen) atoms. The molecular weight excluding hydrogens is 276 g/mol. The van der Waals surface area contributed by atoms with E-state index in [1.165, 1.54) is 20.5 Å². The summed E-state index contributed by atoms with van der Waals surface area (Å²) in [6.07, 6.45) is 1.73. The van der Waals surface area contributed by atoms with Gasteiger partial charge in [0.2, 0.25) is 0 Å². The Morgan fingerprint density at radius 3 is 2.38 bits per heavy atom. The van der Waals surface area contributed by atoms with E-state index in [4.69, 9.17) is 13.9 Å². The number of methoxy groups -OCH3 is 2. The number of aliphatic hydroxyl groups is 1. The van der Waals surface area contributed by atoms with E-state index in [2.05, 4.69) is 0 Å². The van der Waals surface area contributed by atoms with Crippen molar-refractivity contribution >= 4 is 11.9 Å². The fourth-order valence-electron chi connectivity index (χ4n) is 3.02. The molecule has 6 heteroatoms. The Balaban J connectivity index is 2.27. The van der Waals surface area contributed by atoms with Crippen molar-refractivity contribution in [3.8, 4) is 0 Å². The molecular formula is C15H20O6. The van der Waals surface area contributed by atoms with Crippen molar-refractivity contribution in [3.63, 3.8) is 0 Å². The van der Waals surface area contributed by atoms with Crippen molar-refractivity contribution in [1.82, 2.24) is 0 Å². The maximum atomic E-state index is 12.0. The fourth-order valence-corrected chi connectivity index (χ4v) is 3.02. The van der Waals surface area contributed by atoms with Crippen LogP contribution in [-0.2, 0) is 19.1 Å². The third-order valence-corrected chi connectivity index (χ3v) is 4.15. The summed E-state index contributed by atoms with van der Waals surface area (Å²) in [5.41, 5.74) is 0. The number of rotatable bonds is 3. The van der Waals surface area contributed by atoms with Gasteiger partial charge < -0.3 is 19.0 Å². The van der Waals surface area contributed by atoms with Crippen molar-refractivity contribution in [3.05, 3.63) is 24.2 Å². The first-order valence-electron chi connectivity index (χ1n) is 6.95. The molecule has 1 aromatic heterocycles. The predicted octanol–water partition coefficient (Wildman–Crippen LogP) is 1.49. The topological polar surface area (TPSA) is 86.0 Å². The third kappa shape index (κ3) is 3.26. The average molecular weight is 296 g/mol. The molecule has 2 rings (SSSR count). The Morgan fingerprint density at radius 1 is 1.19 bits per heavy atom. The normalized spacial score (nSPS) is 29.5. The number of carbonyl (C=O) groups is 2. The second-order valence-electron chi connectivity index (χ2n) is 5.26. The molecule has 1 heterocycles. The van der Waals surface area contributed by atoms with Gasteiger partial charge in [0.05, 0.1) is 38.4 Å². The highest BCUT2D eigenvalue weighted by atomic mass is 16.5. The molecule has 0 amide bonds. The van der Waals surface area contributed by atoms with Crippen LogP contribution in [0.1, 0.15) is 30.9 Å². The number of ether oxygens (including phenoxy) is 2. The van der Waals surface area contributed by atoms with Crippen LogP contribution in [0.5, 0.6) is 0 Å². The molecule has 0 unspecified atom stereocenters. The van der Waals surface area contributed by atoms with Gasteiger partial charge in [-0.1, -0.05) is 0 Å². The van der Waals surface area contributed by atoms with Crippen LogP contribution in [0.4, 0.5) is 0 Å². The van der Waals surface area contributed by atoms with Crippen molar-refractivity contribution < 1.29 is 28.6 Å². The maximum absolute atomic E-state index is 12.0. The number of hydrogen-bond acceptors (Lipinski definition) is 6. The molecule has 1 aromatic rings. The Labute approximate surface area is 123 Å². The van der Waals surface area contributed by atoms with E-state index < -0.39 is 23.9 Å². The summed E-state index contributed by atoms with van der Waals surface area (Å²) in [7, 11) is 2.63. The van der Waals surface area contributed by atoms with Crippen LogP contribution in [0.25, 0.3) is 0 Å². The van der Waals surface area contributed by atoms with Gasteiger partial charge in [-0.15, -0.1) is 0 Å². The molecule has 0 spiro atoms. The second kappa shape index (κ2) is 6.76. The van der Waals surface area contributed by atoms with E-state index in [1.807, 2.05) is 0 Å². The van der Waals surface area contributed by atoms with Crippen molar-refractivity contribution in [1.29, 1.82) is 0 Å². The predicted molar refractivity (Wildman–Crippen MR) is 72.3 cm³/mol. The molecule has 0 aliphatic heterocycles. The Hall–Kier alpha value is -1.82. The van der Waals surface area contributed by atoms with Gasteiger partial charge in [-0.2, -0.15) is 0 Å². The fraction of sp³-hybridized carbons (Fsp3) is 0.600. The summed E-state index contributed by atoms with van der Waals surface area (Å²) in [5.74, 6) is -1.56. The van der Waals surface area contributed by atoms with Crippen LogP contribution in [0.15, 0.2) is 22.8 Å². The molecule has 1 aliphatic carbocycles. The van der Waals surface area contributed by atoms with Crippen LogP contribution < -0.4 is 0 Å². The highest BCUT2D eigenvalue weighted by molar-refractivity contribution is 5.75. The molecule has 0 saturated heterocycles. The molecule has 1 aliphatic rings. The first-order chi connectivity index (χ1) is 10.1. The average Bonchev–Trinajstić information content (AvgIpc) is 2.96. The van der Waals surface area contributed by atoms with Gasteiger partial charge in [0.25, 0.3) is 0 Å². The quantitative estimate of drug-likeness (QED) is 0.672. The highest BCUT2D eigenvalue weighted by Crippen LogP contribution is 2.39. The van der Waals surface area contributed by atoms with Gasteiger partial charge in [-0.3, -0.25) is 9.59 Å². The van der Waals surface area contributed by atoms with Crippen LogP contribution in [0.3, 0.4) is 0 Å². The lowest BCUT2D eigenvalue weighted by Crippen LogP contribution is -2.29. The summed E-state index contributed by atoms with van der Waals surface area (Å²) in [6.45, 7) is 0. The number of aliphatic hydroxyl groups excluding tert-OH is 1. The maximum Gasteiger partial charge on any atom is 0.311 e. The van der Waals surface area contributed by atoms with Gasteiger partial charge in [-0.25, -0.2) is 0 Å². The summed E-state index contributed by atoms with van der Waals surface area (Å²) in [4.78, 5) is 23.8. The first kappa shape index (κ1) is 15.6. The van der Waals surface area contributed by atoms with Gasteiger partial charge in [-0.05, 0) is 31.4 Å². The summed E-state index contributed by atoms with van der Waals surface area (Å²) < 4.78 is 15.0. The van der Waals surface area contributed by atoms with E-state index in [0.29, 0.717) is 18.6 Å². The van der Waals surface area contributed by atoms with Crippen LogP contribution >= 0.6 is 0 Å². The minimum absolute atomic E-state index is 0.257. The zero-order chi connectivity index (χ0) is 15.4. The number of furan rings is 1. The van der Waals surface area contributed by atoms with E-state index in [0.717, 1.165) is 0 Å². The smallest absolute Gasteiger partial charge is 0.311 e. The molecule has 0 aromatic carbocycles. The minimum Gasteiger partial charge on any atom is -0.469 e. The van der Waals surface area contributed by atoms with E-state index in [9.17, 15) is 14.7 Å². The van der Waals surface area contributed by atoms with Crippen molar-refractivity contribution in [2.24, 2.45) is 11.8 Å². The van der Waals surface area contributed by atoms with E-state index >= 15 is 0 Å². The lowest BCUT2D eigenvalue weighted by Gasteiger charge is -2.22. The summed E-state index contributed by atoms with van der Waals surface area (Å²) in [5, 5.41) is 10.3. The molecule has 4 atom stereocenters. The SMILES string of the molecule is COC(=O)[C@H]1CC[C@@H](C(=O)OC)[C@H](O)C[C@@H]1c1ccco1. The van der Waals surface area contributed by atoms with Gasteiger partial charge in [0.15, 0.2) is 0 Å². The van der Waals surface area contributed by atoms with Crippen LogP contribution in [-0.4, -0.2) is 37.4 Å². The van der Waals surface area contributed by atoms with Crippen molar-refractivity contribution in [2.45, 2.75) is 31.3 Å². The number of carbonyl (C=O) groups excluding carboxylic acids is 2. The standard InChI is InChI=1S/C15H20O6/c1-19-14(17)9-5-6-10(15(18)20-2)12(16)8-11(9)13-4-3-7-21-13/h3-4,7,9-12,16H,5-6,8H2,1-2H3/t9-,10+,11-,12+/m0/s1. The Bertz CT molecular complexity index is 480. The largest absolute Gasteiger partial charge is 0.469 e. The Kier molecular flexibility index (Phi) is 5.01. The zero-order valence-electron chi connectivity index (χ0n) is 12.2. The molecule has 1 fully saturated rings. The molecule has 1 saturated carbocycles. The first-order valence-corrected chi connectivity index (χ1v) is 6.95. The molecule has 0 bridgehead atoms. The van der Waals surface area contributed by atoms with Crippen LogP contribution in [0, 0.1) is 11.8 Å². The lowest BCUT2D eigenvalue weighted by atomic mass is 9.85. The number of esters is 2. The summed E-state index contributed by atoms with van der Waals surface area (Å²) in [6, 6.07) is 3.50. The highest BCUT2D eigenvalue weighted by Gasteiger charge is 2.41. The third-order valence-electron chi connectivity index (χ3n) is 4.15. The Morgan fingerprint density at radius 2 is 1.81 bits per heavy atom. The second-order valence-corrected chi connectivity index (χ2v) is 5.26. The van der Waals surface area contributed by atoms with Gasteiger partial charge in [0, 0.05) is 5.92 Å². The molecule has 116 valence electrons. The molecule has 0 radical (unpaired) electrons. The number of hydrogen-bond donors (Lipinski definition) is 1. The zero-order valence-corrected chi connectivity index (χ0v) is 12.2. The van der Waals surface area contributed by atoms with Crippen LogP contribution in [0.2, 0.25) is 0 Å². The van der Waals surface area contributed by atoms with Gasteiger partial charge >= 0.3 is 11.9 Å². The van der Waals surface area contributed by atoms with Gasteiger partial charge in [0.1, 0.15) is 5.76 Å².